The summed E-state index contributed by atoms with van der Waals surface area (Å²) in [5, 5.41) is 0. The van der Waals surface area contributed by atoms with Crippen LogP contribution in [-0.2, 0) is 17.8 Å². The number of aldehydes is 1. The third kappa shape index (κ3) is 1.89. The SMILES string of the molecule is CCN1Cc2c(C=O)cc(Br)cc2CC1=O. The Hall–Kier alpha value is -1.16. The Kier molecular flexibility index (Phi) is 3.10. The summed E-state index contributed by atoms with van der Waals surface area (Å²) in [4.78, 5) is 24.5. The summed E-state index contributed by atoms with van der Waals surface area (Å²) in [5.74, 6) is 0.130. The van der Waals surface area contributed by atoms with E-state index in [2.05, 4.69) is 15.9 Å². The highest BCUT2D eigenvalue weighted by atomic mass is 79.9. The van der Waals surface area contributed by atoms with Crippen molar-refractivity contribution >= 4 is 28.1 Å². The molecule has 0 saturated heterocycles. The first kappa shape index (κ1) is 11.3. The fraction of sp³-hybridized carbons (Fsp3) is 0.333. The van der Waals surface area contributed by atoms with Crippen LogP contribution in [0.15, 0.2) is 16.6 Å². The minimum atomic E-state index is 0.130. The molecule has 16 heavy (non-hydrogen) atoms. The highest BCUT2D eigenvalue weighted by molar-refractivity contribution is 9.10. The van der Waals surface area contributed by atoms with Crippen molar-refractivity contribution in [1.82, 2.24) is 4.90 Å². The lowest BCUT2D eigenvalue weighted by Gasteiger charge is -2.28. The van der Waals surface area contributed by atoms with E-state index >= 15 is 0 Å². The molecule has 84 valence electrons. The van der Waals surface area contributed by atoms with Crippen LogP contribution in [0.3, 0.4) is 0 Å². The predicted octanol–water partition coefficient (Wildman–Crippen LogP) is 2.17. The van der Waals surface area contributed by atoms with Crippen molar-refractivity contribution in [2.45, 2.75) is 19.9 Å². The van der Waals surface area contributed by atoms with Crippen LogP contribution in [0.4, 0.5) is 0 Å². The average Bonchev–Trinajstić information content (AvgIpc) is 2.26. The van der Waals surface area contributed by atoms with Crippen LogP contribution in [0.25, 0.3) is 0 Å². The third-order valence-electron chi connectivity index (χ3n) is 2.89. The molecule has 1 amide bonds. The number of rotatable bonds is 2. The van der Waals surface area contributed by atoms with Crippen LogP contribution in [0.2, 0.25) is 0 Å². The van der Waals surface area contributed by atoms with Gasteiger partial charge in [-0.3, -0.25) is 9.59 Å². The molecule has 1 aromatic carbocycles. The molecule has 0 radical (unpaired) electrons. The number of hydrogen-bond donors (Lipinski definition) is 0. The lowest BCUT2D eigenvalue weighted by Crippen LogP contribution is -2.36. The van der Waals surface area contributed by atoms with E-state index in [1.165, 1.54) is 0 Å². The maximum Gasteiger partial charge on any atom is 0.227 e. The van der Waals surface area contributed by atoms with Gasteiger partial charge >= 0.3 is 0 Å². The zero-order valence-corrected chi connectivity index (χ0v) is 10.6. The second kappa shape index (κ2) is 4.37. The molecule has 0 saturated carbocycles. The van der Waals surface area contributed by atoms with Crippen molar-refractivity contribution in [2.75, 3.05) is 6.54 Å². The zero-order valence-electron chi connectivity index (χ0n) is 9.00. The van der Waals surface area contributed by atoms with Crippen LogP contribution < -0.4 is 0 Å². The lowest BCUT2D eigenvalue weighted by molar-refractivity contribution is -0.131. The summed E-state index contributed by atoms with van der Waals surface area (Å²) in [7, 11) is 0. The number of carbonyl (C=O) groups excluding carboxylic acids is 2. The monoisotopic (exact) mass is 281 g/mol. The van der Waals surface area contributed by atoms with E-state index in [-0.39, 0.29) is 5.91 Å². The first-order chi connectivity index (χ1) is 7.65. The molecule has 1 heterocycles. The van der Waals surface area contributed by atoms with Gasteiger partial charge in [-0.2, -0.15) is 0 Å². The molecule has 3 nitrogen and oxygen atoms in total. The van der Waals surface area contributed by atoms with Crippen LogP contribution in [0.1, 0.15) is 28.4 Å². The third-order valence-corrected chi connectivity index (χ3v) is 3.35. The highest BCUT2D eigenvalue weighted by Crippen LogP contribution is 2.26. The van der Waals surface area contributed by atoms with Crippen LogP contribution in [-0.4, -0.2) is 23.6 Å². The fourth-order valence-corrected chi connectivity index (χ4v) is 2.54. The summed E-state index contributed by atoms with van der Waals surface area (Å²) in [6.07, 6.45) is 1.25. The largest absolute Gasteiger partial charge is 0.338 e. The van der Waals surface area contributed by atoms with Gasteiger partial charge in [0.1, 0.15) is 6.29 Å². The van der Waals surface area contributed by atoms with E-state index in [4.69, 9.17) is 0 Å². The first-order valence-electron chi connectivity index (χ1n) is 5.20. The van der Waals surface area contributed by atoms with Gasteiger partial charge in [-0.25, -0.2) is 0 Å². The van der Waals surface area contributed by atoms with E-state index in [1.54, 1.807) is 11.0 Å². The van der Waals surface area contributed by atoms with Gasteiger partial charge in [0.05, 0.1) is 6.42 Å². The summed E-state index contributed by atoms with van der Waals surface area (Å²) < 4.78 is 0.853. The number of likely N-dealkylation sites (N-methyl/N-ethyl adjacent to an activating group) is 1. The maximum atomic E-state index is 11.7. The Balaban J connectivity index is 2.50. The van der Waals surface area contributed by atoms with Crippen molar-refractivity contribution < 1.29 is 9.59 Å². The summed E-state index contributed by atoms with van der Waals surface area (Å²) in [5.41, 5.74) is 2.63. The van der Waals surface area contributed by atoms with Crippen molar-refractivity contribution in [3.05, 3.63) is 33.3 Å². The predicted molar refractivity (Wildman–Crippen MR) is 64.3 cm³/mol. The topological polar surface area (TPSA) is 37.4 Å². The second-order valence-electron chi connectivity index (χ2n) is 3.84. The number of hydrogen-bond acceptors (Lipinski definition) is 2. The molecule has 0 atom stereocenters. The smallest absolute Gasteiger partial charge is 0.227 e. The molecule has 0 N–H and O–H groups in total. The van der Waals surface area contributed by atoms with E-state index < -0.39 is 0 Å². The quantitative estimate of drug-likeness (QED) is 0.779. The van der Waals surface area contributed by atoms with Crippen LogP contribution in [0.5, 0.6) is 0 Å². The Bertz CT molecular complexity index is 457. The fourth-order valence-electron chi connectivity index (χ4n) is 2.01. The van der Waals surface area contributed by atoms with E-state index in [9.17, 15) is 9.59 Å². The van der Waals surface area contributed by atoms with Crippen LogP contribution >= 0.6 is 15.9 Å². The molecule has 0 unspecified atom stereocenters. The number of nitrogens with zero attached hydrogens (tertiary/aromatic N) is 1. The molecule has 0 bridgehead atoms. The van der Waals surface area contributed by atoms with Gasteiger partial charge in [0.25, 0.3) is 0 Å². The van der Waals surface area contributed by atoms with E-state index in [0.29, 0.717) is 25.1 Å². The number of carbonyl (C=O) groups is 2. The van der Waals surface area contributed by atoms with E-state index in [1.807, 2.05) is 13.0 Å². The minimum Gasteiger partial charge on any atom is -0.338 e. The molecule has 0 spiro atoms. The number of halogens is 1. The van der Waals surface area contributed by atoms with Gasteiger partial charge in [-0.15, -0.1) is 0 Å². The van der Waals surface area contributed by atoms with Crippen molar-refractivity contribution in [1.29, 1.82) is 0 Å². The molecule has 1 aromatic rings. The van der Waals surface area contributed by atoms with Crippen molar-refractivity contribution in [3.8, 4) is 0 Å². The normalized spacial score (nSPS) is 14.9. The van der Waals surface area contributed by atoms with Gasteiger partial charge in [-0.05, 0) is 30.2 Å². The number of fused-ring (bicyclic) bond motifs is 1. The minimum absolute atomic E-state index is 0.130. The average molecular weight is 282 g/mol. The van der Waals surface area contributed by atoms with Crippen molar-refractivity contribution in [3.63, 3.8) is 0 Å². The van der Waals surface area contributed by atoms with Gasteiger partial charge in [-0.1, -0.05) is 15.9 Å². The molecule has 0 aromatic heterocycles. The molecule has 4 heteroatoms. The summed E-state index contributed by atoms with van der Waals surface area (Å²) >= 11 is 3.35. The molecule has 1 aliphatic rings. The Morgan fingerprint density at radius 2 is 2.25 bits per heavy atom. The van der Waals surface area contributed by atoms with Gasteiger partial charge < -0.3 is 4.90 Å². The standard InChI is InChI=1S/C12H12BrNO2/c1-2-14-6-11-8(5-12(14)16)3-10(13)4-9(11)7-15/h3-4,7H,2,5-6H2,1H3. The maximum absolute atomic E-state index is 11.7. The molecular weight excluding hydrogens is 270 g/mol. The molecule has 0 fully saturated rings. The molecule has 2 rings (SSSR count). The van der Waals surface area contributed by atoms with Gasteiger partial charge in [0.2, 0.25) is 5.91 Å². The lowest BCUT2D eigenvalue weighted by atomic mass is 9.95. The summed E-state index contributed by atoms with van der Waals surface area (Å²) in [6.45, 7) is 3.18. The van der Waals surface area contributed by atoms with Crippen molar-refractivity contribution in [2.24, 2.45) is 0 Å². The Morgan fingerprint density at radius 1 is 1.50 bits per heavy atom. The summed E-state index contributed by atoms with van der Waals surface area (Å²) in [6, 6.07) is 3.72. The van der Waals surface area contributed by atoms with Crippen LogP contribution in [0, 0.1) is 0 Å². The first-order valence-corrected chi connectivity index (χ1v) is 5.99. The van der Waals surface area contributed by atoms with Gasteiger partial charge in [0.15, 0.2) is 0 Å². The number of amides is 1. The Labute approximate surface area is 103 Å². The highest BCUT2D eigenvalue weighted by Gasteiger charge is 2.24. The number of benzene rings is 1. The molecular formula is C12H12BrNO2. The Morgan fingerprint density at radius 3 is 2.88 bits per heavy atom. The molecule has 0 aliphatic carbocycles. The van der Waals surface area contributed by atoms with E-state index in [0.717, 1.165) is 21.9 Å². The second-order valence-corrected chi connectivity index (χ2v) is 4.75. The zero-order chi connectivity index (χ0) is 11.7. The molecule has 1 aliphatic heterocycles. The van der Waals surface area contributed by atoms with Gasteiger partial charge in [0, 0.05) is 23.1 Å².